The minimum Gasteiger partial charge on any atom is -0.491 e. The lowest BCUT2D eigenvalue weighted by Gasteiger charge is -2.25. The van der Waals surface area contributed by atoms with Crippen molar-refractivity contribution in [2.45, 2.75) is 224 Å². The lowest BCUT2D eigenvalue weighted by molar-refractivity contribution is -0.144. The van der Waals surface area contributed by atoms with Crippen molar-refractivity contribution in [2.75, 3.05) is 35.2 Å². The number of Topliss-reactive ketones (excluding diaryl/α,β-unsaturated/α-hetero) is 2. The lowest BCUT2D eigenvalue weighted by Crippen LogP contribution is -2.52. The SMILES string of the molecule is CCCCCCCCCCCCCCCCCCOc1ccc(S(=O)(=O)Nc2ccccc2Cl)cc1NC(=O)C(Oc1ccc(C)cc1)C(=O)c1cc2ccccc2oc1=O.CCCCCCCCCCCCOc1ccc(Cl)cc1NC(=O)C(C(=O)c1cc(=O)oc2cc3ccccc3nc12)N1C(=O)C(OCC)N(Cc2ccccc2)C1=O. The van der Waals surface area contributed by atoms with Gasteiger partial charge in [-0.1, -0.05) is 288 Å². The first kappa shape index (κ1) is 90.6. The summed E-state index contributed by atoms with van der Waals surface area (Å²) in [5.74, 6) is -4.23. The number of sulfonamides is 1. The van der Waals surface area contributed by atoms with E-state index >= 15 is 0 Å². The number of benzene rings is 7. The number of anilines is 3. The summed E-state index contributed by atoms with van der Waals surface area (Å²) in [6, 6.07) is 45.3. The van der Waals surface area contributed by atoms with Crippen molar-refractivity contribution in [1.82, 2.24) is 14.8 Å². The number of amides is 5. The Morgan fingerprint density at radius 1 is 0.513 bits per heavy atom. The van der Waals surface area contributed by atoms with E-state index in [2.05, 4.69) is 34.2 Å². The number of urea groups is 1. The van der Waals surface area contributed by atoms with Crippen LogP contribution in [0.5, 0.6) is 17.2 Å². The summed E-state index contributed by atoms with van der Waals surface area (Å²) in [6.07, 6.45) is 28.0. The van der Waals surface area contributed by atoms with Crippen LogP contribution in [-0.4, -0.2) is 96.7 Å². The van der Waals surface area contributed by atoms with E-state index in [0.29, 0.717) is 40.0 Å². The van der Waals surface area contributed by atoms with Gasteiger partial charge in [0.2, 0.25) is 18.1 Å². The Morgan fingerprint density at radius 3 is 1.66 bits per heavy atom. The van der Waals surface area contributed by atoms with Crippen molar-refractivity contribution in [2.24, 2.45) is 0 Å². The van der Waals surface area contributed by atoms with Gasteiger partial charge in [-0.25, -0.2) is 32.7 Å². The van der Waals surface area contributed by atoms with Gasteiger partial charge in [-0.2, -0.15) is 0 Å². The minimum atomic E-state index is -4.22. The molecule has 1 aliphatic rings. The van der Waals surface area contributed by atoms with Gasteiger partial charge >= 0.3 is 17.3 Å². The van der Waals surface area contributed by atoms with E-state index in [1.54, 1.807) is 140 Å². The van der Waals surface area contributed by atoms with Crippen molar-refractivity contribution < 1.29 is 65.0 Å². The van der Waals surface area contributed by atoms with Crippen LogP contribution in [0.2, 0.25) is 10.0 Å². The third-order valence-corrected chi connectivity index (χ3v) is 22.6. The molecule has 3 unspecified atom stereocenters. The van der Waals surface area contributed by atoms with Crippen LogP contribution >= 0.6 is 23.2 Å². The van der Waals surface area contributed by atoms with Crippen LogP contribution in [0.25, 0.3) is 33.0 Å². The Hall–Kier alpha value is -10.7. The zero-order valence-corrected chi connectivity index (χ0v) is 70.6. The van der Waals surface area contributed by atoms with Gasteiger partial charge in [0.05, 0.1) is 57.8 Å². The zero-order chi connectivity index (χ0) is 84.5. The molecule has 7 aromatic carbocycles. The van der Waals surface area contributed by atoms with Gasteiger partial charge in [0.1, 0.15) is 33.9 Å². The van der Waals surface area contributed by atoms with Crippen molar-refractivity contribution in [3.8, 4) is 17.2 Å². The standard InChI is InChI=1S/C49H59ClN2O8S.C45H49ClN4O8/c1-3-4-5-6-7-8-9-10-11-12-13-14-15-16-17-22-33-58-45-32-31-39(61(56,57)52-42-25-20-19-24-41(42)50)35-43(45)51-48(54)47(59-38-29-27-36(2)28-30-38)46(53)40-34-37-23-18-21-26-44(37)60-49(40)55;1-3-5-6-7-8-9-10-11-12-18-25-57-36-24-23-32(46)27-35(36)48-42(53)40(50-43(54)44(56-4-2)49(45(50)55)29-30-19-14-13-15-20-30)41(52)33-28-38(51)58-37-26-31-21-16-17-22-34(31)47-39(33)37/h18-21,23-32,34-35,47,52H,3-17,22,33H2,1-2H3,(H,51,54);13-17,19-24,26-28,40,44H,3-12,18,25,29H2,1-2H3,(H,48,53). The number of nitrogens with one attached hydrogen (secondary N) is 3. The minimum absolute atomic E-state index is 0.0109. The number of para-hydroxylation sites is 3. The summed E-state index contributed by atoms with van der Waals surface area (Å²) in [6.45, 7) is 8.69. The number of nitrogens with zero attached hydrogens (tertiary/aromatic N) is 3. The fourth-order valence-corrected chi connectivity index (χ4v) is 15.7. The number of hydrogen-bond acceptors (Lipinski definition) is 17. The molecule has 3 atom stereocenters. The number of aromatic nitrogens is 1. The number of imide groups is 1. The molecule has 0 radical (unpaired) electrons. The fraction of sp³-hybridized carbons (Fsp3) is 0.394. The van der Waals surface area contributed by atoms with Crippen LogP contribution < -0.4 is 40.8 Å². The summed E-state index contributed by atoms with van der Waals surface area (Å²) in [5.41, 5.74) is 0.112. The van der Waals surface area contributed by atoms with E-state index in [4.69, 9.17) is 51.0 Å². The van der Waals surface area contributed by atoms with Gasteiger partial charge in [0.25, 0.3) is 27.7 Å². The number of fused-ring (bicyclic) bond motifs is 3. The van der Waals surface area contributed by atoms with Crippen LogP contribution in [0.15, 0.2) is 205 Å². The van der Waals surface area contributed by atoms with Gasteiger partial charge in [-0.05, 0) is 117 Å². The summed E-state index contributed by atoms with van der Waals surface area (Å²) >= 11 is 12.7. The van der Waals surface area contributed by atoms with Crippen molar-refractivity contribution >= 4 is 119 Å². The molecular formula is C94H108Cl2N6O16S. The molecule has 630 valence electrons. The molecule has 3 aromatic heterocycles. The van der Waals surface area contributed by atoms with E-state index in [1.807, 2.05) is 13.0 Å². The number of hydrogen-bond donors (Lipinski definition) is 3. The molecule has 0 bridgehead atoms. The fourth-order valence-electron chi connectivity index (χ4n) is 14.2. The third kappa shape index (κ3) is 26.4. The van der Waals surface area contributed by atoms with E-state index in [0.717, 1.165) is 63.0 Å². The van der Waals surface area contributed by atoms with Crippen LogP contribution in [0.4, 0.5) is 21.9 Å². The number of rotatable bonds is 48. The molecule has 10 aromatic rings. The summed E-state index contributed by atoms with van der Waals surface area (Å²) in [5, 5.41) is 6.99. The maximum atomic E-state index is 14.9. The Balaban J connectivity index is 0.000000251. The monoisotopic (exact) mass is 1680 g/mol. The average Bonchev–Trinajstić information content (AvgIpc) is 1.63. The summed E-state index contributed by atoms with van der Waals surface area (Å²) < 4.78 is 64.6. The molecule has 119 heavy (non-hydrogen) atoms. The highest BCUT2D eigenvalue weighted by atomic mass is 35.5. The number of aryl methyl sites for hydroxylation is 1. The Labute approximate surface area is 706 Å². The van der Waals surface area contributed by atoms with Gasteiger partial charge in [0.15, 0.2) is 17.4 Å². The molecule has 5 amide bonds. The Bertz CT molecular complexity index is 5300. The lowest BCUT2D eigenvalue weighted by atomic mass is 10.0. The van der Waals surface area contributed by atoms with Gasteiger partial charge in [-0.15, -0.1) is 0 Å². The molecule has 1 saturated heterocycles. The highest BCUT2D eigenvalue weighted by Gasteiger charge is 2.53. The van der Waals surface area contributed by atoms with Gasteiger partial charge in [-0.3, -0.25) is 33.6 Å². The van der Waals surface area contributed by atoms with E-state index in [1.165, 1.54) is 157 Å². The molecule has 1 fully saturated rings. The van der Waals surface area contributed by atoms with Crippen LogP contribution in [0.1, 0.15) is 220 Å². The van der Waals surface area contributed by atoms with E-state index in [-0.39, 0.29) is 90.2 Å². The van der Waals surface area contributed by atoms with Gasteiger partial charge < -0.3 is 38.4 Å². The summed E-state index contributed by atoms with van der Waals surface area (Å²) in [4.78, 5) is 119. The van der Waals surface area contributed by atoms with Crippen molar-refractivity contribution in [1.29, 1.82) is 0 Å². The highest BCUT2D eigenvalue weighted by Crippen LogP contribution is 2.35. The molecule has 0 saturated carbocycles. The molecule has 0 aliphatic carbocycles. The first-order chi connectivity index (χ1) is 57.7. The molecule has 4 heterocycles. The average molecular weight is 1680 g/mol. The normalized spacial score (nSPS) is 13.3. The highest BCUT2D eigenvalue weighted by molar-refractivity contribution is 7.92. The molecule has 0 spiro atoms. The third-order valence-electron chi connectivity index (χ3n) is 20.6. The van der Waals surface area contributed by atoms with Crippen molar-refractivity contribution in [3.05, 3.63) is 235 Å². The van der Waals surface area contributed by atoms with Gasteiger partial charge in [0, 0.05) is 28.5 Å². The van der Waals surface area contributed by atoms with Crippen LogP contribution in [-0.2, 0) is 35.7 Å². The Kier molecular flexibility index (Phi) is 35.5. The summed E-state index contributed by atoms with van der Waals surface area (Å²) in [7, 11) is -4.22. The quantitative estimate of drug-likeness (QED) is 0.00797. The van der Waals surface area contributed by atoms with Crippen LogP contribution in [0.3, 0.4) is 0 Å². The first-order valence-corrected chi connectivity index (χ1v) is 44.0. The zero-order valence-electron chi connectivity index (χ0n) is 68.3. The second-order valence-corrected chi connectivity index (χ2v) is 32.4. The second-order valence-electron chi connectivity index (χ2n) is 29.9. The molecule has 25 heteroatoms. The van der Waals surface area contributed by atoms with Crippen LogP contribution in [0, 0.1) is 6.92 Å². The molecule has 22 nitrogen and oxygen atoms in total. The Morgan fingerprint density at radius 2 is 1.05 bits per heavy atom. The molecular weight excluding hydrogens is 1570 g/mol. The predicted molar refractivity (Wildman–Crippen MR) is 468 cm³/mol. The molecule has 3 N–H and O–H groups in total. The van der Waals surface area contributed by atoms with E-state index < -0.39 is 75.0 Å². The number of pyridine rings is 1. The maximum absolute atomic E-state index is 14.9. The number of carbonyl (C=O) groups is 6. The number of carbonyl (C=O) groups excluding carboxylic acids is 6. The molecule has 1 aliphatic heterocycles. The molecule has 11 rings (SSSR count). The number of unbranched alkanes of at least 4 members (excludes halogenated alkanes) is 24. The maximum Gasteiger partial charge on any atom is 0.347 e. The number of ether oxygens (including phenoxy) is 4. The second kappa shape index (κ2) is 46.6. The number of ketones is 2. The van der Waals surface area contributed by atoms with E-state index in [9.17, 15) is 46.8 Å². The number of halogens is 2. The largest absolute Gasteiger partial charge is 0.491 e. The first-order valence-electron chi connectivity index (χ1n) is 41.8. The topological polar surface area (TPSA) is 289 Å². The van der Waals surface area contributed by atoms with Crippen molar-refractivity contribution in [3.63, 3.8) is 0 Å². The predicted octanol–water partition coefficient (Wildman–Crippen LogP) is 21.8. The smallest absolute Gasteiger partial charge is 0.347 e.